The van der Waals surface area contributed by atoms with E-state index in [4.69, 9.17) is 5.73 Å². The molecule has 10 heteroatoms. The van der Waals surface area contributed by atoms with Gasteiger partial charge in [-0.2, -0.15) is 0 Å². The van der Waals surface area contributed by atoms with E-state index in [2.05, 4.69) is 15.1 Å². The second-order valence-corrected chi connectivity index (χ2v) is 8.41. The van der Waals surface area contributed by atoms with Crippen molar-refractivity contribution in [2.45, 2.75) is 40.2 Å². The Kier molecular flexibility index (Phi) is 4.67. The van der Waals surface area contributed by atoms with Crippen LogP contribution in [0.3, 0.4) is 0 Å². The van der Waals surface area contributed by atoms with E-state index in [1.165, 1.54) is 10.6 Å². The lowest BCUT2D eigenvalue weighted by Gasteiger charge is -2.18. The first kappa shape index (κ1) is 20.1. The molecule has 0 unspecified atom stereocenters. The number of nitrogens with two attached hydrogens (primary N) is 1. The topological polar surface area (TPSA) is 74.0 Å². The van der Waals surface area contributed by atoms with Crippen LogP contribution in [-0.4, -0.2) is 30.6 Å². The first-order valence-electron chi connectivity index (χ1n) is 9.29. The van der Waals surface area contributed by atoms with Gasteiger partial charge in [-0.1, -0.05) is 20.8 Å². The van der Waals surface area contributed by atoms with Gasteiger partial charge in [-0.05, 0) is 29.5 Å². The van der Waals surface area contributed by atoms with Crippen molar-refractivity contribution in [3.63, 3.8) is 0 Å². The van der Waals surface area contributed by atoms with Crippen molar-refractivity contribution in [1.29, 1.82) is 0 Å². The quantitative estimate of drug-likeness (QED) is 0.495. The predicted molar refractivity (Wildman–Crippen MR) is 105 cm³/mol. The number of hydrogen-bond acceptors (Lipinski definition) is 4. The number of hydrogen-bond donors (Lipinski definition) is 1. The Balaban J connectivity index is 1.99. The van der Waals surface area contributed by atoms with Crippen molar-refractivity contribution in [3.05, 3.63) is 42.0 Å². The molecular weight excluding hydrogens is 400 g/mol. The van der Waals surface area contributed by atoms with E-state index in [0.717, 1.165) is 23.2 Å². The summed E-state index contributed by atoms with van der Waals surface area (Å²) in [5, 5.41) is 4.04. The summed E-state index contributed by atoms with van der Waals surface area (Å²) in [6, 6.07) is 2.58. The van der Waals surface area contributed by atoms with Gasteiger partial charge in [0.15, 0.2) is 11.6 Å². The highest BCUT2D eigenvalue weighted by molar-refractivity contribution is 5.89. The first-order chi connectivity index (χ1) is 14.0. The zero-order chi connectivity index (χ0) is 21.8. The number of benzene rings is 1. The summed E-state index contributed by atoms with van der Waals surface area (Å²) in [4.78, 5) is 8.16. The number of nitrogen functional groups attached to an aromatic ring is 1. The van der Waals surface area contributed by atoms with Crippen molar-refractivity contribution >= 4 is 22.5 Å². The van der Waals surface area contributed by atoms with E-state index in [1.54, 1.807) is 0 Å². The van der Waals surface area contributed by atoms with Crippen LogP contribution in [0.2, 0.25) is 0 Å². The minimum Gasteiger partial charge on any atom is -0.367 e. The van der Waals surface area contributed by atoms with Gasteiger partial charge in [0, 0.05) is 5.56 Å². The number of anilines is 1. The second-order valence-electron chi connectivity index (χ2n) is 8.41. The van der Waals surface area contributed by atoms with Crippen LogP contribution in [0.15, 0.2) is 24.7 Å². The van der Waals surface area contributed by atoms with E-state index in [9.17, 15) is 13.2 Å². The lowest BCUT2D eigenvalue weighted by Crippen LogP contribution is -2.14. The van der Waals surface area contributed by atoms with Crippen molar-refractivity contribution in [2.75, 3.05) is 5.73 Å². The van der Waals surface area contributed by atoms with E-state index in [1.807, 2.05) is 20.8 Å². The summed E-state index contributed by atoms with van der Waals surface area (Å²) < 4.78 is 57.9. The molecule has 0 bridgehead atoms. The summed E-state index contributed by atoms with van der Waals surface area (Å²) in [5.41, 5.74) is 6.82. The molecule has 0 atom stereocenters. The van der Waals surface area contributed by atoms with Gasteiger partial charge in [0.25, 0.3) is 6.43 Å². The monoisotopic (exact) mass is 420 g/mol. The maximum Gasteiger partial charge on any atom is 0.256 e. The Hall–Kier alpha value is -3.17. The average Bonchev–Trinajstić information content (AvgIpc) is 3.13. The van der Waals surface area contributed by atoms with Gasteiger partial charge >= 0.3 is 0 Å². The lowest BCUT2D eigenvalue weighted by molar-refractivity contribution is 0.128. The molecule has 0 saturated heterocycles. The third-order valence-corrected chi connectivity index (χ3v) is 4.67. The van der Waals surface area contributed by atoms with Gasteiger partial charge < -0.3 is 10.3 Å². The van der Waals surface area contributed by atoms with Crippen LogP contribution < -0.4 is 5.73 Å². The molecule has 3 heterocycles. The second kappa shape index (κ2) is 6.96. The number of alkyl halides is 2. The van der Waals surface area contributed by atoms with Crippen LogP contribution in [0, 0.1) is 17.0 Å². The fraction of sp³-hybridized carbons (Fsp3) is 0.350. The number of fused-ring (bicyclic) bond motifs is 2. The number of nitrogens with zero attached hydrogens (tertiary/aromatic N) is 5. The Bertz CT molecular complexity index is 1250. The zero-order valence-corrected chi connectivity index (χ0v) is 16.6. The molecule has 4 aromatic rings. The summed E-state index contributed by atoms with van der Waals surface area (Å²) >= 11 is 0. The fourth-order valence-corrected chi connectivity index (χ4v) is 3.60. The van der Waals surface area contributed by atoms with Crippen molar-refractivity contribution in [1.82, 2.24) is 24.1 Å². The molecule has 0 aliphatic rings. The fourth-order valence-electron chi connectivity index (χ4n) is 3.60. The highest BCUT2D eigenvalue weighted by Gasteiger charge is 2.24. The third kappa shape index (κ3) is 3.57. The molecule has 158 valence electrons. The molecule has 0 radical (unpaired) electrons. The summed E-state index contributed by atoms with van der Waals surface area (Å²) in [6.07, 6.45) is 0.115. The molecule has 2 N–H and O–H groups in total. The normalized spacial score (nSPS) is 12.5. The number of halogens is 4. The summed E-state index contributed by atoms with van der Waals surface area (Å²) in [5.74, 6) is -1.40. The molecule has 0 aliphatic carbocycles. The largest absolute Gasteiger partial charge is 0.367 e. The van der Waals surface area contributed by atoms with Gasteiger partial charge in [0.2, 0.25) is 5.95 Å². The third-order valence-electron chi connectivity index (χ3n) is 4.67. The molecule has 0 amide bonds. The summed E-state index contributed by atoms with van der Waals surface area (Å²) in [7, 11) is 0. The molecule has 1 aromatic carbocycles. The van der Waals surface area contributed by atoms with Crippen molar-refractivity contribution < 1.29 is 17.6 Å². The lowest BCUT2D eigenvalue weighted by atomic mass is 9.89. The first-order valence-corrected chi connectivity index (χ1v) is 9.29. The Morgan fingerprint density at radius 1 is 1.13 bits per heavy atom. The van der Waals surface area contributed by atoms with Gasteiger partial charge in [0.1, 0.15) is 5.52 Å². The molecule has 0 fully saturated rings. The molecule has 4 rings (SSSR count). The van der Waals surface area contributed by atoms with Gasteiger partial charge in [-0.3, -0.25) is 0 Å². The summed E-state index contributed by atoms with van der Waals surface area (Å²) in [6.45, 7) is 5.34. The van der Waals surface area contributed by atoms with E-state index >= 15 is 4.39 Å². The SMILES string of the molecule is CC(C)(C)Cc1nc(N)nn2cc(F)c(-c3cc(F)c4ncn(CC(F)F)c4c3)c12. The van der Waals surface area contributed by atoms with Gasteiger partial charge in [-0.25, -0.2) is 32.0 Å². The average molecular weight is 420 g/mol. The minimum absolute atomic E-state index is 0.0139. The van der Waals surface area contributed by atoms with Crippen molar-refractivity contribution in [2.24, 2.45) is 5.41 Å². The Morgan fingerprint density at radius 2 is 1.87 bits per heavy atom. The van der Waals surface area contributed by atoms with Crippen LogP contribution in [0.4, 0.5) is 23.5 Å². The smallest absolute Gasteiger partial charge is 0.256 e. The highest BCUT2D eigenvalue weighted by Crippen LogP contribution is 2.35. The molecular formula is C20H20F4N6. The minimum atomic E-state index is -2.64. The van der Waals surface area contributed by atoms with E-state index in [0.29, 0.717) is 17.6 Å². The van der Waals surface area contributed by atoms with Crippen molar-refractivity contribution in [3.8, 4) is 11.1 Å². The Labute approximate surface area is 169 Å². The van der Waals surface area contributed by atoms with Crippen LogP contribution in [0.1, 0.15) is 26.5 Å². The van der Waals surface area contributed by atoms with Crippen LogP contribution >= 0.6 is 0 Å². The molecule has 0 spiro atoms. The molecule has 0 saturated carbocycles. The van der Waals surface area contributed by atoms with Crippen LogP contribution in [0.25, 0.3) is 27.7 Å². The van der Waals surface area contributed by atoms with Crippen LogP contribution in [0.5, 0.6) is 0 Å². The number of aromatic nitrogens is 5. The van der Waals surface area contributed by atoms with E-state index < -0.39 is 24.6 Å². The van der Waals surface area contributed by atoms with Crippen LogP contribution in [-0.2, 0) is 13.0 Å². The molecule has 6 nitrogen and oxygen atoms in total. The highest BCUT2D eigenvalue weighted by atomic mass is 19.3. The standard InChI is InChI=1S/C20H20F4N6/c1-20(2,3)6-13-18-16(12(22)7-30(18)28-19(25)27-13)10-4-11(21)17-14(5-10)29(9-26-17)8-15(23)24/h4-5,7,9,15H,6,8H2,1-3H3,(H2,25,28). The molecule has 30 heavy (non-hydrogen) atoms. The van der Waals surface area contributed by atoms with E-state index in [-0.39, 0.29) is 33.5 Å². The molecule has 0 aliphatic heterocycles. The number of rotatable bonds is 4. The van der Waals surface area contributed by atoms with Gasteiger partial charge in [-0.15, -0.1) is 5.10 Å². The predicted octanol–water partition coefficient (Wildman–Crippen LogP) is 4.46. The zero-order valence-electron chi connectivity index (χ0n) is 16.6. The maximum atomic E-state index is 15.0. The Morgan fingerprint density at radius 3 is 2.53 bits per heavy atom. The van der Waals surface area contributed by atoms with Gasteiger partial charge in [0.05, 0.1) is 35.8 Å². The maximum absolute atomic E-state index is 15.0. The number of imidazole rings is 1. The molecule has 3 aromatic heterocycles.